The summed E-state index contributed by atoms with van der Waals surface area (Å²) in [5, 5.41) is 12.0. The van der Waals surface area contributed by atoms with Gasteiger partial charge in [-0.15, -0.1) is 0 Å². The molecule has 2 rings (SSSR count). The minimum Gasteiger partial charge on any atom is -0.481 e. The molecule has 1 aliphatic carbocycles. The third kappa shape index (κ3) is 2.72. The van der Waals surface area contributed by atoms with E-state index in [-0.39, 0.29) is 11.8 Å². The number of carboxylic acid groups (broad SMARTS) is 1. The number of fused-ring (bicyclic) bond motifs is 1. The molecule has 1 aromatic rings. The zero-order valence-electron chi connectivity index (χ0n) is 11.1. The Bertz CT molecular complexity index is 440. The standard InChI is InChI=1S/C15H21NO2/c1-15(2)9-7-13(16-10-8-14(17)18)11-5-3-4-6-12(11)15/h3-6,13,16H,7-10H2,1-2H3,(H,17,18). The molecule has 0 fully saturated rings. The summed E-state index contributed by atoms with van der Waals surface area (Å²) in [6, 6.07) is 8.80. The van der Waals surface area contributed by atoms with Gasteiger partial charge in [0.2, 0.25) is 0 Å². The van der Waals surface area contributed by atoms with Crippen LogP contribution in [0.1, 0.15) is 50.3 Å². The number of hydrogen-bond acceptors (Lipinski definition) is 2. The summed E-state index contributed by atoms with van der Waals surface area (Å²) in [7, 11) is 0. The Morgan fingerprint density at radius 3 is 2.89 bits per heavy atom. The number of benzene rings is 1. The Balaban J connectivity index is 2.13. The van der Waals surface area contributed by atoms with Crippen molar-refractivity contribution >= 4 is 5.97 Å². The van der Waals surface area contributed by atoms with E-state index < -0.39 is 5.97 Å². The minimum atomic E-state index is -0.744. The van der Waals surface area contributed by atoms with Gasteiger partial charge < -0.3 is 10.4 Å². The van der Waals surface area contributed by atoms with E-state index in [0.717, 1.165) is 12.8 Å². The Morgan fingerprint density at radius 2 is 2.17 bits per heavy atom. The highest BCUT2D eigenvalue weighted by molar-refractivity contribution is 5.66. The summed E-state index contributed by atoms with van der Waals surface area (Å²) < 4.78 is 0. The second-order valence-electron chi connectivity index (χ2n) is 5.66. The molecular formula is C15H21NO2. The lowest BCUT2D eigenvalue weighted by molar-refractivity contribution is -0.136. The molecule has 2 N–H and O–H groups in total. The average Bonchev–Trinajstić information content (AvgIpc) is 2.32. The van der Waals surface area contributed by atoms with E-state index in [9.17, 15) is 4.79 Å². The fourth-order valence-corrected chi connectivity index (χ4v) is 2.78. The molecule has 0 heterocycles. The predicted molar refractivity (Wildman–Crippen MR) is 71.7 cm³/mol. The monoisotopic (exact) mass is 247 g/mol. The van der Waals surface area contributed by atoms with Crippen LogP contribution < -0.4 is 5.32 Å². The van der Waals surface area contributed by atoms with E-state index in [1.807, 2.05) is 0 Å². The second kappa shape index (κ2) is 5.11. The van der Waals surface area contributed by atoms with Gasteiger partial charge in [0.15, 0.2) is 0 Å². The summed E-state index contributed by atoms with van der Waals surface area (Å²) >= 11 is 0. The van der Waals surface area contributed by atoms with Gasteiger partial charge in [0.05, 0.1) is 6.42 Å². The van der Waals surface area contributed by atoms with Crippen LogP contribution in [0.4, 0.5) is 0 Å². The largest absolute Gasteiger partial charge is 0.481 e. The second-order valence-corrected chi connectivity index (χ2v) is 5.66. The average molecular weight is 247 g/mol. The van der Waals surface area contributed by atoms with Crippen LogP contribution in [0.5, 0.6) is 0 Å². The van der Waals surface area contributed by atoms with Crippen molar-refractivity contribution in [2.24, 2.45) is 0 Å². The van der Waals surface area contributed by atoms with Gasteiger partial charge in [0, 0.05) is 12.6 Å². The number of carboxylic acids is 1. The quantitative estimate of drug-likeness (QED) is 0.860. The topological polar surface area (TPSA) is 49.3 Å². The molecule has 0 aliphatic heterocycles. The fraction of sp³-hybridized carbons (Fsp3) is 0.533. The summed E-state index contributed by atoms with van der Waals surface area (Å²) in [5.74, 6) is -0.744. The highest BCUT2D eigenvalue weighted by Crippen LogP contribution is 2.41. The Hall–Kier alpha value is -1.35. The molecular weight excluding hydrogens is 226 g/mol. The molecule has 1 aromatic carbocycles. The van der Waals surface area contributed by atoms with E-state index in [2.05, 4.69) is 43.4 Å². The third-order valence-electron chi connectivity index (χ3n) is 3.85. The molecule has 1 aliphatic rings. The molecule has 18 heavy (non-hydrogen) atoms. The molecule has 98 valence electrons. The first kappa shape index (κ1) is 13.1. The summed E-state index contributed by atoms with van der Waals surface area (Å²) in [4.78, 5) is 10.5. The van der Waals surface area contributed by atoms with Gasteiger partial charge in [-0.2, -0.15) is 0 Å². The molecule has 0 saturated heterocycles. The van der Waals surface area contributed by atoms with Crippen molar-refractivity contribution in [3.8, 4) is 0 Å². The Kier molecular flexibility index (Phi) is 3.71. The number of rotatable bonds is 4. The maximum atomic E-state index is 10.5. The van der Waals surface area contributed by atoms with Crippen molar-refractivity contribution in [1.29, 1.82) is 0 Å². The van der Waals surface area contributed by atoms with E-state index >= 15 is 0 Å². The van der Waals surface area contributed by atoms with E-state index in [1.54, 1.807) is 0 Å². The van der Waals surface area contributed by atoms with Crippen LogP contribution in [0.25, 0.3) is 0 Å². The first-order valence-electron chi connectivity index (χ1n) is 6.55. The SMILES string of the molecule is CC1(C)CCC(NCCC(=O)O)c2ccccc21. The first-order valence-corrected chi connectivity index (χ1v) is 6.55. The highest BCUT2D eigenvalue weighted by atomic mass is 16.4. The van der Waals surface area contributed by atoms with Gasteiger partial charge in [-0.25, -0.2) is 0 Å². The van der Waals surface area contributed by atoms with Crippen LogP contribution in [-0.4, -0.2) is 17.6 Å². The zero-order valence-corrected chi connectivity index (χ0v) is 11.1. The molecule has 0 amide bonds. The Morgan fingerprint density at radius 1 is 1.44 bits per heavy atom. The molecule has 0 radical (unpaired) electrons. The van der Waals surface area contributed by atoms with Crippen molar-refractivity contribution in [2.75, 3.05) is 6.54 Å². The van der Waals surface area contributed by atoms with Gasteiger partial charge in [0.25, 0.3) is 0 Å². The fourth-order valence-electron chi connectivity index (χ4n) is 2.78. The van der Waals surface area contributed by atoms with Crippen LogP contribution in [0.15, 0.2) is 24.3 Å². The van der Waals surface area contributed by atoms with Crippen molar-refractivity contribution in [3.63, 3.8) is 0 Å². The lowest BCUT2D eigenvalue weighted by Crippen LogP contribution is -2.33. The van der Waals surface area contributed by atoms with E-state index in [1.165, 1.54) is 11.1 Å². The van der Waals surface area contributed by atoms with Gasteiger partial charge in [-0.3, -0.25) is 4.79 Å². The van der Waals surface area contributed by atoms with Gasteiger partial charge in [-0.05, 0) is 29.4 Å². The summed E-state index contributed by atoms with van der Waals surface area (Å²) in [5.41, 5.74) is 2.95. The number of hydrogen-bond donors (Lipinski definition) is 2. The number of carbonyl (C=O) groups is 1. The van der Waals surface area contributed by atoms with Gasteiger partial charge in [-0.1, -0.05) is 38.1 Å². The van der Waals surface area contributed by atoms with Gasteiger partial charge in [0.1, 0.15) is 0 Å². The first-order chi connectivity index (χ1) is 8.50. The van der Waals surface area contributed by atoms with Crippen LogP contribution >= 0.6 is 0 Å². The van der Waals surface area contributed by atoms with Crippen LogP contribution in [0.3, 0.4) is 0 Å². The van der Waals surface area contributed by atoms with E-state index in [0.29, 0.717) is 12.6 Å². The smallest absolute Gasteiger partial charge is 0.304 e. The van der Waals surface area contributed by atoms with Crippen LogP contribution in [0.2, 0.25) is 0 Å². The van der Waals surface area contributed by atoms with Gasteiger partial charge >= 0.3 is 5.97 Å². The third-order valence-corrected chi connectivity index (χ3v) is 3.85. The maximum absolute atomic E-state index is 10.5. The molecule has 3 heteroatoms. The minimum absolute atomic E-state index is 0.183. The molecule has 0 spiro atoms. The van der Waals surface area contributed by atoms with E-state index in [4.69, 9.17) is 5.11 Å². The number of nitrogens with one attached hydrogen (secondary N) is 1. The highest BCUT2D eigenvalue weighted by Gasteiger charge is 2.31. The lowest BCUT2D eigenvalue weighted by atomic mass is 9.71. The molecule has 1 unspecified atom stereocenters. The Labute approximate surface area is 108 Å². The van der Waals surface area contributed by atoms with Crippen molar-refractivity contribution in [1.82, 2.24) is 5.32 Å². The summed E-state index contributed by atoms with van der Waals surface area (Å²) in [6.45, 7) is 5.09. The van der Waals surface area contributed by atoms with Crippen molar-refractivity contribution < 1.29 is 9.90 Å². The number of aliphatic carboxylic acids is 1. The van der Waals surface area contributed by atoms with Crippen molar-refractivity contribution in [3.05, 3.63) is 35.4 Å². The van der Waals surface area contributed by atoms with Crippen LogP contribution in [0, 0.1) is 0 Å². The molecule has 3 nitrogen and oxygen atoms in total. The van der Waals surface area contributed by atoms with Crippen LogP contribution in [-0.2, 0) is 10.2 Å². The molecule has 0 saturated carbocycles. The lowest BCUT2D eigenvalue weighted by Gasteiger charge is -2.37. The zero-order chi connectivity index (χ0) is 13.2. The molecule has 1 atom stereocenters. The maximum Gasteiger partial charge on any atom is 0.304 e. The summed E-state index contributed by atoms with van der Waals surface area (Å²) in [6.07, 6.45) is 2.39. The predicted octanol–water partition coefficient (Wildman–Crippen LogP) is 2.86. The normalized spacial score (nSPS) is 21.3. The van der Waals surface area contributed by atoms with Crippen molar-refractivity contribution in [2.45, 2.75) is 44.6 Å². The molecule has 0 aromatic heterocycles. The molecule has 0 bridgehead atoms.